The molecule has 0 bridgehead atoms. The van der Waals surface area contributed by atoms with Crippen LogP contribution in [0, 0.1) is 6.92 Å². The Bertz CT molecular complexity index is 1200. The van der Waals surface area contributed by atoms with E-state index < -0.39 is 54.1 Å². The van der Waals surface area contributed by atoms with E-state index in [4.69, 9.17) is 10.5 Å². The zero-order valence-electron chi connectivity index (χ0n) is 22.0. The highest BCUT2D eigenvalue weighted by Crippen LogP contribution is 2.19. The van der Waals surface area contributed by atoms with Crippen LogP contribution in [0.3, 0.4) is 0 Å². The van der Waals surface area contributed by atoms with Gasteiger partial charge in [0.25, 0.3) is 5.91 Å². The SMILES string of the molecule is Cc1csc(CCCNC(=O)[C@@H]2CC(=O)N[C@@H](CCC(N)=O)C(=O)N[C@H](C)COc3ccccc3C(=O)N2)n1. The standard InChI is InChI=1S/C26H34N6O6S/c1-15-13-38-20-7-4-3-6-17(20)24(35)32-19(25(36)28-11-5-8-23-29-16(2)14-39-23)12-22(34)31-18(26(37)30-15)9-10-21(27)33/h3-4,6-7,14-15,18-19H,5,8-13H2,1-2H3,(H2,27,33)(H,28,36)(H,30,37)(H,31,34)(H,32,35)/t15-,18+,19+/m1/s1. The quantitative estimate of drug-likeness (QED) is 0.289. The molecule has 39 heavy (non-hydrogen) atoms. The lowest BCUT2D eigenvalue weighted by Crippen LogP contribution is -2.53. The Labute approximate surface area is 230 Å². The summed E-state index contributed by atoms with van der Waals surface area (Å²) >= 11 is 1.55. The lowest BCUT2D eigenvalue weighted by atomic mass is 10.1. The molecule has 1 aliphatic rings. The summed E-state index contributed by atoms with van der Waals surface area (Å²) in [6.07, 6.45) is 0.715. The average Bonchev–Trinajstić information content (AvgIpc) is 3.31. The van der Waals surface area contributed by atoms with E-state index in [0.717, 1.165) is 10.7 Å². The molecule has 1 aliphatic heterocycles. The van der Waals surface area contributed by atoms with E-state index in [-0.39, 0.29) is 30.8 Å². The van der Waals surface area contributed by atoms with Crippen molar-refractivity contribution in [3.63, 3.8) is 0 Å². The number of amides is 5. The van der Waals surface area contributed by atoms with Crippen LogP contribution in [0.15, 0.2) is 29.6 Å². The minimum atomic E-state index is -1.23. The molecule has 0 unspecified atom stereocenters. The topological polar surface area (TPSA) is 182 Å². The van der Waals surface area contributed by atoms with Crippen LogP contribution in [0.25, 0.3) is 0 Å². The number of ether oxygens (including phenoxy) is 1. The lowest BCUT2D eigenvalue weighted by Gasteiger charge is -2.24. The van der Waals surface area contributed by atoms with Crippen LogP contribution < -0.4 is 31.7 Å². The van der Waals surface area contributed by atoms with Crippen LogP contribution in [-0.2, 0) is 25.6 Å². The first kappa shape index (κ1) is 29.6. The maximum Gasteiger partial charge on any atom is 0.255 e. The van der Waals surface area contributed by atoms with Gasteiger partial charge in [-0.3, -0.25) is 24.0 Å². The Hall–Kier alpha value is -4.00. The highest BCUT2D eigenvalue weighted by atomic mass is 32.1. The molecule has 3 atom stereocenters. The number of nitrogens with zero attached hydrogens (tertiary/aromatic N) is 1. The van der Waals surface area contributed by atoms with Crippen molar-refractivity contribution in [2.24, 2.45) is 5.73 Å². The Morgan fingerprint density at radius 2 is 1.95 bits per heavy atom. The molecule has 5 amide bonds. The van der Waals surface area contributed by atoms with Crippen molar-refractivity contribution in [1.82, 2.24) is 26.3 Å². The number of thiazole rings is 1. The second-order valence-electron chi connectivity index (χ2n) is 9.35. The van der Waals surface area contributed by atoms with Gasteiger partial charge in [0.05, 0.1) is 23.0 Å². The summed E-state index contributed by atoms with van der Waals surface area (Å²) in [7, 11) is 0. The van der Waals surface area contributed by atoms with Gasteiger partial charge in [0.1, 0.15) is 24.4 Å². The number of nitrogens with two attached hydrogens (primary N) is 1. The van der Waals surface area contributed by atoms with Gasteiger partial charge in [0.15, 0.2) is 0 Å². The normalized spacial score (nSPS) is 20.4. The van der Waals surface area contributed by atoms with E-state index in [1.165, 1.54) is 0 Å². The minimum Gasteiger partial charge on any atom is -0.491 e. The second kappa shape index (κ2) is 14.2. The van der Waals surface area contributed by atoms with Gasteiger partial charge in [0.2, 0.25) is 23.6 Å². The highest BCUT2D eigenvalue weighted by molar-refractivity contribution is 7.09. The first-order valence-corrected chi connectivity index (χ1v) is 13.6. The molecule has 1 aromatic heterocycles. The molecule has 12 nitrogen and oxygen atoms in total. The zero-order chi connectivity index (χ0) is 28.4. The van der Waals surface area contributed by atoms with Gasteiger partial charge >= 0.3 is 0 Å². The van der Waals surface area contributed by atoms with Gasteiger partial charge in [-0.2, -0.15) is 0 Å². The molecule has 210 valence electrons. The molecule has 2 heterocycles. The smallest absolute Gasteiger partial charge is 0.255 e. The van der Waals surface area contributed by atoms with Gasteiger partial charge in [-0.25, -0.2) is 4.98 Å². The molecule has 0 spiro atoms. The number of aryl methyl sites for hydroxylation is 2. The number of carbonyl (C=O) groups excluding carboxylic acids is 5. The summed E-state index contributed by atoms with van der Waals surface area (Å²) < 4.78 is 5.79. The number of hydrogen-bond acceptors (Lipinski definition) is 8. The van der Waals surface area contributed by atoms with E-state index >= 15 is 0 Å². The van der Waals surface area contributed by atoms with Gasteiger partial charge in [0, 0.05) is 30.5 Å². The van der Waals surface area contributed by atoms with Crippen LogP contribution in [0.2, 0.25) is 0 Å². The molecule has 1 aromatic carbocycles. The molecule has 0 saturated carbocycles. The van der Waals surface area contributed by atoms with Crippen molar-refractivity contribution in [2.75, 3.05) is 13.2 Å². The monoisotopic (exact) mass is 558 g/mol. The van der Waals surface area contributed by atoms with E-state index in [1.807, 2.05) is 12.3 Å². The maximum atomic E-state index is 13.2. The zero-order valence-corrected chi connectivity index (χ0v) is 22.8. The third-order valence-electron chi connectivity index (χ3n) is 5.88. The number of nitrogens with one attached hydrogen (secondary N) is 4. The molecule has 0 radical (unpaired) electrons. The van der Waals surface area contributed by atoms with Gasteiger partial charge < -0.3 is 31.7 Å². The van der Waals surface area contributed by atoms with E-state index in [0.29, 0.717) is 19.4 Å². The fraction of sp³-hybridized carbons (Fsp3) is 0.462. The van der Waals surface area contributed by atoms with Crippen molar-refractivity contribution in [1.29, 1.82) is 0 Å². The largest absolute Gasteiger partial charge is 0.491 e. The van der Waals surface area contributed by atoms with Gasteiger partial charge in [-0.1, -0.05) is 12.1 Å². The Kier molecular flexibility index (Phi) is 10.8. The predicted molar refractivity (Wildman–Crippen MR) is 144 cm³/mol. The number of rotatable bonds is 8. The molecule has 0 saturated heterocycles. The molecule has 13 heteroatoms. The van der Waals surface area contributed by atoms with E-state index in [1.54, 1.807) is 42.5 Å². The molecule has 2 aromatic rings. The number of hydrogen-bond donors (Lipinski definition) is 5. The van der Waals surface area contributed by atoms with Gasteiger partial charge in [-0.15, -0.1) is 11.3 Å². The molecular formula is C26H34N6O6S. The fourth-order valence-corrected chi connectivity index (χ4v) is 4.73. The first-order valence-electron chi connectivity index (χ1n) is 12.7. The van der Waals surface area contributed by atoms with Crippen molar-refractivity contribution in [2.45, 2.75) is 64.1 Å². The van der Waals surface area contributed by atoms with Gasteiger partial charge in [-0.05, 0) is 38.8 Å². The Morgan fingerprint density at radius 1 is 1.18 bits per heavy atom. The summed E-state index contributed by atoms with van der Waals surface area (Å²) in [6.45, 7) is 3.96. The number of aromatic nitrogens is 1. The minimum absolute atomic E-state index is 0.0250. The number of benzene rings is 1. The molecular weight excluding hydrogens is 524 g/mol. The van der Waals surface area contributed by atoms with Crippen molar-refractivity contribution in [3.8, 4) is 5.75 Å². The highest BCUT2D eigenvalue weighted by Gasteiger charge is 2.29. The summed E-state index contributed by atoms with van der Waals surface area (Å²) in [5.74, 6) is -2.66. The van der Waals surface area contributed by atoms with Crippen LogP contribution in [0.4, 0.5) is 0 Å². The van der Waals surface area contributed by atoms with Crippen molar-refractivity contribution >= 4 is 40.9 Å². The number of para-hydroxylation sites is 1. The van der Waals surface area contributed by atoms with Crippen molar-refractivity contribution in [3.05, 3.63) is 45.9 Å². The summed E-state index contributed by atoms with van der Waals surface area (Å²) in [5, 5.41) is 13.6. The Morgan fingerprint density at radius 3 is 2.67 bits per heavy atom. The van der Waals surface area contributed by atoms with Crippen molar-refractivity contribution < 1.29 is 28.7 Å². The molecule has 3 rings (SSSR count). The van der Waals surface area contributed by atoms with E-state index in [2.05, 4.69) is 26.3 Å². The predicted octanol–water partition coefficient (Wildman–Crippen LogP) is 0.336. The Balaban J connectivity index is 1.77. The number of fused-ring (bicyclic) bond motifs is 1. The third kappa shape index (κ3) is 9.36. The number of carbonyl (C=O) groups is 5. The fourth-order valence-electron chi connectivity index (χ4n) is 3.91. The van der Waals surface area contributed by atoms with Crippen LogP contribution >= 0.6 is 11.3 Å². The van der Waals surface area contributed by atoms with Crippen LogP contribution in [0.1, 0.15) is 53.7 Å². The second-order valence-corrected chi connectivity index (χ2v) is 10.3. The molecule has 0 fully saturated rings. The third-order valence-corrected chi connectivity index (χ3v) is 6.91. The van der Waals surface area contributed by atoms with E-state index in [9.17, 15) is 24.0 Å². The first-order chi connectivity index (χ1) is 18.6. The van der Waals surface area contributed by atoms with Crippen LogP contribution in [-0.4, -0.2) is 65.8 Å². The van der Waals surface area contributed by atoms with Crippen LogP contribution in [0.5, 0.6) is 5.75 Å². The number of primary amides is 1. The molecule has 6 N–H and O–H groups in total. The lowest BCUT2D eigenvalue weighted by molar-refractivity contribution is -0.131. The summed E-state index contributed by atoms with van der Waals surface area (Å²) in [6, 6.07) is 3.73. The molecule has 0 aliphatic carbocycles. The summed E-state index contributed by atoms with van der Waals surface area (Å²) in [5.41, 5.74) is 6.36. The maximum absolute atomic E-state index is 13.2. The average molecular weight is 559 g/mol. The summed E-state index contributed by atoms with van der Waals surface area (Å²) in [4.78, 5) is 67.8.